The molecule has 0 atom stereocenters. The van der Waals surface area contributed by atoms with Gasteiger partial charge in [-0.3, -0.25) is 0 Å². The maximum absolute atomic E-state index is 13.1. The van der Waals surface area contributed by atoms with E-state index in [1.54, 1.807) is 31.2 Å². The molecule has 1 saturated heterocycles. The molecule has 3 aromatic rings. The number of aromatic nitrogens is 1. The number of anilines is 1. The van der Waals surface area contributed by atoms with Gasteiger partial charge in [0.1, 0.15) is 6.07 Å². The monoisotopic (exact) mass is 468 g/mol. The van der Waals surface area contributed by atoms with Crippen molar-refractivity contribution in [3.63, 3.8) is 0 Å². The number of nitriles is 1. The van der Waals surface area contributed by atoms with Gasteiger partial charge in [0.05, 0.1) is 4.90 Å². The van der Waals surface area contributed by atoms with Gasteiger partial charge in [0.25, 0.3) is 0 Å². The predicted octanol–water partition coefficient (Wildman–Crippen LogP) is 4.19. The molecule has 1 aliphatic rings. The van der Waals surface area contributed by atoms with Gasteiger partial charge in [-0.05, 0) is 36.3 Å². The van der Waals surface area contributed by atoms with Crippen molar-refractivity contribution in [3.8, 4) is 6.07 Å². The normalized spacial score (nSPS) is 15.2. The third kappa shape index (κ3) is 4.41. The van der Waals surface area contributed by atoms with Gasteiger partial charge in [-0.2, -0.15) is 14.6 Å². The minimum Gasteiger partial charge on any atom is -0.420 e. The van der Waals surface area contributed by atoms with Crippen LogP contribution in [0.2, 0.25) is 5.02 Å². The Morgan fingerprint density at radius 1 is 1.06 bits per heavy atom. The topological polar surface area (TPSA) is 90.4 Å². The van der Waals surface area contributed by atoms with Gasteiger partial charge in [0.15, 0.2) is 0 Å². The molecule has 0 N–H and O–H groups in total. The standard InChI is InChI=1S/C23H21ClN4O3S/c1-17-19(24)8-5-9-21(17)32(29,30)28-14-12-27(13-15-28)23-20(16-25)26-22(31-23)11-10-18-6-3-2-4-7-18/h2-11H,12-15H2,1H3/b11-10+. The number of benzene rings is 2. The van der Waals surface area contributed by atoms with E-state index in [-0.39, 0.29) is 23.7 Å². The molecule has 7 nitrogen and oxygen atoms in total. The zero-order valence-corrected chi connectivity index (χ0v) is 19.0. The van der Waals surface area contributed by atoms with Crippen molar-refractivity contribution in [1.29, 1.82) is 5.26 Å². The number of piperazine rings is 1. The van der Waals surface area contributed by atoms with Crippen molar-refractivity contribution in [2.45, 2.75) is 11.8 Å². The van der Waals surface area contributed by atoms with Gasteiger partial charge >= 0.3 is 0 Å². The molecule has 9 heteroatoms. The van der Waals surface area contributed by atoms with Crippen molar-refractivity contribution < 1.29 is 12.8 Å². The van der Waals surface area contributed by atoms with E-state index in [4.69, 9.17) is 16.0 Å². The number of halogens is 1. The lowest BCUT2D eigenvalue weighted by atomic mass is 10.2. The van der Waals surface area contributed by atoms with Crippen molar-refractivity contribution in [2.24, 2.45) is 0 Å². The summed E-state index contributed by atoms with van der Waals surface area (Å²) in [5.41, 5.74) is 1.70. The summed E-state index contributed by atoms with van der Waals surface area (Å²) in [6.07, 6.45) is 3.57. The molecule has 4 rings (SSSR count). The van der Waals surface area contributed by atoms with E-state index in [0.29, 0.717) is 35.5 Å². The molecule has 0 unspecified atom stereocenters. The summed E-state index contributed by atoms with van der Waals surface area (Å²) in [5.74, 6) is 0.682. The fourth-order valence-corrected chi connectivity index (χ4v) is 5.46. The second kappa shape index (κ2) is 9.17. The van der Waals surface area contributed by atoms with Crippen LogP contribution >= 0.6 is 11.6 Å². The summed E-state index contributed by atoms with van der Waals surface area (Å²) in [6, 6.07) is 16.6. The average Bonchev–Trinajstić information content (AvgIpc) is 3.23. The SMILES string of the molecule is Cc1c(Cl)cccc1S(=O)(=O)N1CCN(c2oc(/C=C/c3ccccc3)nc2C#N)CC1. The van der Waals surface area contributed by atoms with Crippen LogP contribution in [0.25, 0.3) is 12.2 Å². The fraction of sp³-hybridized carbons (Fsp3) is 0.217. The highest BCUT2D eigenvalue weighted by molar-refractivity contribution is 7.89. The Morgan fingerprint density at radius 2 is 1.78 bits per heavy atom. The van der Waals surface area contributed by atoms with E-state index in [0.717, 1.165) is 5.56 Å². The zero-order chi connectivity index (χ0) is 22.7. The lowest BCUT2D eigenvalue weighted by molar-refractivity contribution is 0.373. The third-order valence-electron chi connectivity index (χ3n) is 5.31. The number of sulfonamides is 1. The maximum atomic E-state index is 13.1. The fourth-order valence-electron chi connectivity index (χ4n) is 3.56. The van der Waals surface area contributed by atoms with Crippen LogP contribution in [0, 0.1) is 18.3 Å². The Kier molecular flexibility index (Phi) is 6.33. The number of hydrogen-bond acceptors (Lipinski definition) is 6. The van der Waals surface area contributed by atoms with Crippen molar-refractivity contribution in [3.05, 3.63) is 76.3 Å². The second-order valence-corrected chi connectivity index (χ2v) is 9.63. The van der Waals surface area contributed by atoms with Gasteiger partial charge < -0.3 is 9.32 Å². The number of hydrogen-bond donors (Lipinski definition) is 0. The van der Waals surface area contributed by atoms with Crippen LogP contribution in [0.1, 0.15) is 22.7 Å². The highest BCUT2D eigenvalue weighted by Crippen LogP contribution is 2.28. The second-order valence-electron chi connectivity index (χ2n) is 7.32. The summed E-state index contributed by atoms with van der Waals surface area (Å²) >= 11 is 6.12. The highest BCUT2D eigenvalue weighted by atomic mass is 35.5. The smallest absolute Gasteiger partial charge is 0.243 e. The minimum atomic E-state index is -3.67. The summed E-state index contributed by atoms with van der Waals surface area (Å²) in [7, 11) is -3.67. The first-order valence-electron chi connectivity index (χ1n) is 10.0. The van der Waals surface area contributed by atoms with E-state index in [9.17, 15) is 13.7 Å². The Hall–Kier alpha value is -3.12. The Balaban J connectivity index is 1.50. The van der Waals surface area contributed by atoms with Crippen LogP contribution in [-0.2, 0) is 10.0 Å². The van der Waals surface area contributed by atoms with Gasteiger partial charge in [-0.25, -0.2) is 8.42 Å². The molecule has 1 aliphatic heterocycles. The van der Waals surface area contributed by atoms with Crippen LogP contribution < -0.4 is 4.90 Å². The van der Waals surface area contributed by atoms with Gasteiger partial charge in [0.2, 0.25) is 27.5 Å². The van der Waals surface area contributed by atoms with Crippen molar-refractivity contribution >= 4 is 39.7 Å². The third-order valence-corrected chi connectivity index (χ3v) is 7.76. The Morgan fingerprint density at radius 3 is 2.47 bits per heavy atom. The largest absolute Gasteiger partial charge is 0.420 e. The van der Waals surface area contributed by atoms with Crippen LogP contribution in [0.4, 0.5) is 5.88 Å². The van der Waals surface area contributed by atoms with Crippen LogP contribution in [0.3, 0.4) is 0 Å². The van der Waals surface area contributed by atoms with E-state index < -0.39 is 10.0 Å². The number of oxazole rings is 1. The van der Waals surface area contributed by atoms with Crippen LogP contribution in [0.15, 0.2) is 57.8 Å². The van der Waals surface area contributed by atoms with Gasteiger partial charge in [-0.15, -0.1) is 0 Å². The predicted molar refractivity (Wildman–Crippen MR) is 124 cm³/mol. The molecule has 0 aliphatic carbocycles. The molecule has 0 spiro atoms. The van der Waals surface area contributed by atoms with Gasteiger partial charge in [-0.1, -0.05) is 48.0 Å². The first-order valence-corrected chi connectivity index (χ1v) is 11.9. The number of nitrogens with zero attached hydrogens (tertiary/aromatic N) is 4. The molecule has 32 heavy (non-hydrogen) atoms. The lowest BCUT2D eigenvalue weighted by Crippen LogP contribution is -2.48. The molecule has 1 fully saturated rings. The summed E-state index contributed by atoms with van der Waals surface area (Å²) in [6.45, 7) is 2.98. The first-order chi connectivity index (χ1) is 15.4. The van der Waals surface area contributed by atoms with Crippen LogP contribution in [0.5, 0.6) is 0 Å². The molecule has 0 radical (unpaired) electrons. The Labute approximate surface area is 192 Å². The van der Waals surface area contributed by atoms with E-state index in [1.165, 1.54) is 4.31 Å². The molecule has 0 amide bonds. The molecule has 0 saturated carbocycles. The zero-order valence-electron chi connectivity index (χ0n) is 17.4. The molecular weight excluding hydrogens is 448 g/mol. The number of rotatable bonds is 5. The molecule has 2 aromatic carbocycles. The highest BCUT2D eigenvalue weighted by Gasteiger charge is 2.32. The first kappa shape index (κ1) is 22.1. The minimum absolute atomic E-state index is 0.180. The summed E-state index contributed by atoms with van der Waals surface area (Å²) in [4.78, 5) is 6.31. The van der Waals surface area contributed by atoms with Crippen molar-refractivity contribution in [2.75, 3.05) is 31.1 Å². The van der Waals surface area contributed by atoms with E-state index in [2.05, 4.69) is 11.1 Å². The molecule has 1 aromatic heterocycles. The van der Waals surface area contributed by atoms with Gasteiger partial charge in [0, 0.05) is 37.3 Å². The Bertz CT molecular complexity index is 1290. The summed E-state index contributed by atoms with van der Waals surface area (Å²) in [5, 5.41) is 9.91. The molecule has 0 bridgehead atoms. The van der Waals surface area contributed by atoms with E-state index in [1.807, 2.05) is 41.3 Å². The molecular formula is C23H21ClN4O3S. The molecule has 2 heterocycles. The lowest BCUT2D eigenvalue weighted by Gasteiger charge is -2.34. The molecule has 164 valence electrons. The summed E-state index contributed by atoms with van der Waals surface area (Å²) < 4.78 is 33.5. The maximum Gasteiger partial charge on any atom is 0.243 e. The van der Waals surface area contributed by atoms with Crippen molar-refractivity contribution in [1.82, 2.24) is 9.29 Å². The van der Waals surface area contributed by atoms with Crippen LogP contribution in [-0.4, -0.2) is 43.9 Å². The van der Waals surface area contributed by atoms with E-state index >= 15 is 0 Å². The quantitative estimate of drug-likeness (QED) is 0.557. The average molecular weight is 469 g/mol.